The molecule has 12 nitrogen and oxygen atoms in total. The van der Waals surface area contributed by atoms with Crippen LogP contribution in [0, 0.1) is 0 Å². The highest BCUT2D eigenvalue weighted by Gasteiger charge is 2.48. The zero-order valence-corrected chi connectivity index (χ0v) is 16.5. The molecule has 3 aromatic rings. The van der Waals surface area contributed by atoms with E-state index in [1.165, 1.54) is 12.1 Å². The highest BCUT2D eigenvalue weighted by atomic mass is 16.7. The van der Waals surface area contributed by atoms with Gasteiger partial charge in [-0.05, 0) is 18.2 Å². The summed E-state index contributed by atoms with van der Waals surface area (Å²) in [5.74, 6) is -3.22. The van der Waals surface area contributed by atoms with Gasteiger partial charge in [0.2, 0.25) is 6.29 Å². The van der Waals surface area contributed by atoms with Crippen LogP contribution in [0.1, 0.15) is 0 Å². The SMILES string of the molecule is O=C(O)[C@@H]1O[C@H](Oc2cc(O)c3c(=O)cc(-c4ccc(O)c(O)c4)oc3c2)[C@@H](O)[C@H](O)[C@H]1O. The molecule has 1 aliphatic heterocycles. The van der Waals surface area contributed by atoms with Crippen molar-refractivity contribution in [2.75, 3.05) is 0 Å². The molecule has 1 saturated heterocycles. The number of hydrogen-bond acceptors (Lipinski definition) is 11. The van der Waals surface area contributed by atoms with E-state index in [0.717, 1.165) is 24.3 Å². The Morgan fingerprint density at radius 2 is 1.61 bits per heavy atom. The van der Waals surface area contributed by atoms with E-state index in [4.69, 9.17) is 19.0 Å². The maximum absolute atomic E-state index is 12.5. The zero-order valence-electron chi connectivity index (χ0n) is 16.5. The Morgan fingerprint density at radius 1 is 0.879 bits per heavy atom. The van der Waals surface area contributed by atoms with E-state index in [9.17, 15) is 40.2 Å². The number of fused-ring (bicyclic) bond motifs is 1. The Morgan fingerprint density at radius 3 is 2.27 bits per heavy atom. The van der Waals surface area contributed by atoms with Crippen LogP contribution in [0.3, 0.4) is 0 Å². The number of ether oxygens (including phenoxy) is 2. The van der Waals surface area contributed by atoms with Crippen molar-refractivity contribution in [3.8, 4) is 34.3 Å². The van der Waals surface area contributed by atoms with Crippen LogP contribution < -0.4 is 10.2 Å². The molecule has 0 amide bonds. The van der Waals surface area contributed by atoms with Crippen LogP contribution in [0.5, 0.6) is 23.0 Å². The van der Waals surface area contributed by atoms with E-state index in [1.807, 2.05) is 0 Å². The third-order valence-corrected chi connectivity index (χ3v) is 5.11. The number of carboxylic acids is 1. The smallest absolute Gasteiger partial charge is 0.335 e. The number of benzene rings is 2. The van der Waals surface area contributed by atoms with Gasteiger partial charge in [-0.15, -0.1) is 0 Å². The van der Waals surface area contributed by atoms with E-state index >= 15 is 0 Å². The summed E-state index contributed by atoms with van der Waals surface area (Å²) in [6, 6.07) is 6.94. The highest BCUT2D eigenvalue weighted by molar-refractivity contribution is 5.86. The van der Waals surface area contributed by atoms with Crippen molar-refractivity contribution >= 4 is 16.9 Å². The number of rotatable bonds is 4. The van der Waals surface area contributed by atoms with Crippen molar-refractivity contribution in [1.82, 2.24) is 0 Å². The number of carboxylic acid groups (broad SMARTS) is 1. The highest BCUT2D eigenvalue weighted by Crippen LogP contribution is 2.35. The summed E-state index contributed by atoms with van der Waals surface area (Å²) in [6.07, 6.45) is -9.29. The van der Waals surface area contributed by atoms with Crippen molar-refractivity contribution in [2.24, 2.45) is 0 Å². The molecule has 0 bridgehead atoms. The van der Waals surface area contributed by atoms with Gasteiger partial charge in [-0.3, -0.25) is 4.79 Å². The van der Waals surface area contributed by atoms with Crippen molar-refractivity contribution < 1.29 is 54.4 Å². The lowest BCUT2D eigenvalue weighted by molar-refractivity contribution is -0.271. The first-order valence-electron chi connectivity index (χ1n) is 9.49. The average Bonchev–Trinajstić information content (AvgIpc) is 2.75. The van der Waals surface area contributed by atoms with Gasteiger partial charge in [0.15, 0.2) is 23.0 Å². The fourth-order valence-electron chi connectivity index (χ4n) is 3.41. The summed E-state index contributed by atoms with van der Waals surface area (Å²) in [4.78, 5) is 23.8. The molecule has 174 valence electrons. The Kier molecular flexibility index (Phi) is 5.59. The van der Waals surface area contributed by atoms with Gasteiger partial charge >= 0.3 is 5.97 Å². The molecular formula is C21H18O12. The summed E-state index contributed by atoms with van der Waals surface area (Å²) in [5, 5.41) is 68.2. The van der Waals surface area contributed by atoms with Crippen LogP contribution in [-0.2, 0) is 9.53 Å². The first-order valence-corrected chi connectivity index (χ1v) is 9.49. The van der Waals surface area contributed by atoms with Crippen LogP contribution in [0.2, 0.25) is 0 Å². The van der Waals surface area contributed by atoms with E-state index in [1.54, 1.807) is 0 Å². The molecule has 12 heteroatoms. The predicted octanol–water partition coefficient (Wildman–Crippen LogP) is -0.152. The Hall–Kier alpha value is -3.84. The molecule has 33 heavy (non-hydrogen) atoms. The lowest BCUT2D eigenvalue weighted by atomic mass is 9.99. The predicted molar refractivity (Wildman–Crippen MR) is 108 cm³/mol. The van der Waals surface area contributed by atoms with Gasteiger partial charge in [-0.2, -0.15) is 0 Å². The number of phenolic OH excluding ortho intramolecular Hbond substituents is 3. The van der Waals surface area contributed by atoms with Gasteiger partial charge in [0.1, 0.15) is 46.5 Å². The minimum Gasteiger partial charge on any atom is -0.507 e. The third-order valence-electron chi connectivity index (χ3n) is 5.11. The molecule has 5 atom stereocenters. The minimum atomic E-state index is -1.91. The van der Waals surface area contributed by atoms with Crippen LogP contribution in [-0.4, -0.2) is 72.4 Å². The third kappa shape index (κ3) is 4.03. The topological polar surface area (TPSA) is 207 Å². The van der Waals surface area contributed by atoms with Crippen LogP contribution in [0.4, 0.5) is 0 Å². The molecule has 1 aliphatic rings. The molecule has 1 fully saturated rings. The molecule has 2 heterocycles. The minimum absolute atomic E-state index is 0.0159. The van der Waals surface area contributed by atoms with Gasteiger partial charge in [0.25, 0.3) is 0 Å². The van der Waals surface area contributed by atoms with Crippen LogP contribution >= 0.6 is 0 Å². The number of aromatic hydroxyl groups is 3. The summed E-state index contributed by atoms with van der Waals surface area (Å²) in [6.45, 7) is 0. The van der Waals surface area contributed by atoms with Crippen LogP contribution in [0.25, 0.3) is 22.3 Å². The fraction of sp³-hybridized carbons (Fsp3) is 0.238. The van der Waals surface area contributed by atoms with E-state index < -0.39 is 53.6 Å². The number of hydrogen-bond donors (Lipinski definition) is 7. The molecular weight excluding hydrogens is 444 g/mol. The largest absolute Gasteiger partial charge is 0.507 e. The molecule has 7 N–H and O–H groups in total. The van der Waals surface area contributed by atoms with Gasteiger partial charge in [0.05, 0.1) is 0 Å². The number of aliphatic carboxylic acids is 1. The number of phenols is 3. The number of aliphatic hydroxyl groups is 3. The van der Waals surface area contributed by atoms with E-state index in [2.05, 4.69) is 0 Å². The normalized spacial score (nSPS) is 25.1. The lowest BCUT2D eigenvalue weighted by Gasteiger charge is -2.38. The Balaban J connectivity index is 1.72. The standard InChI is InChI=1S/C21H18O12/c22-9-2-1-7(3-10(9)23)13-6-12(25)15-11(24)4-8(5-14(15)32-13)31-21-18(28)16(26)17(27)19(33-21)20(29)30/h1-6,16-19,21-24,26-28H,(H,29,30)/t16-,17-,18+,19-,21+/m1/s1. The van der Waals surface area contributed by atoms with Crippen molar-refractivity contribution in [2.45, 2.75) is 30.7 Å². The maximum atomic E-state index is 12.5. The quantitative estimate of drug-likeness (QED) is 0.253. The summed E-state index contributed by atoms with van der Waals surface area (Å²) in [5.41, 5.74) is -0.565. The van der Waals surface area contributed by atoms with Crippen molar-refractivity contribution in [3.05, 3.63) is 46.6 Å². The second-order valence-electron chi connectivity index (χ2n) is 7.35. The summed E-state index contributed by atoms with van der Waals surface area (Å²) in [7, 11) is 0. The van der Waals surface area contributed by atoms with Gasteiger partial charge in [-0.1, -0.05) is 0 Å². The molecule has 0 unspecified atom stereocenters. The molecule has 4 rings (SSSR count). The van der Waals surface area contributed by atoms with E-state index in [0.29, 0.717) is 0 Å². The molecule has 0 spiro atoms. The van der Waals surface area contributed by atoms with Crippen LogP contribution in [0.15, 0.2) is 45.6 Å². The maximum Gasteiger partial charge on any atom is 0.335 e. The molecule has 1 aromatic heterocycles. The first-order chi connectivity index (χ1) is 15.6. The fourth-order valence-corrected chi connectivity index (χ4v) is 3.41. The van der Waals surface area contributed by atoms with Crippen molar-refractivity contribution in [1.29, 1.82) is 0 Å². The zero-order chi connectivity index (χ0) is 24.0. The van der Waals surface area contributed by atoms with Crippen molar-refractivity contribution in [3.63, 3.8) is 0 Å². The molecule has 0 saturated carbocycles. The second kappa shape index (κ2) is 8.26. The van der Waals surface area contributed by atoms with Gasteiger partial charge in [0, 0.05) is 23.8 Å². The average molecular weight is 462 g/mol. The van der Waals surface area contributed by atoms with E-state index in [-0.39, 0.29) is 33.8 Å². The first kappa shape index (κ1) is 22.4. The summed E-state index contributed by atoms with van der Waals surface area (Å²) < 4.78 is 16.0. The molecule has 0 aliphatic carbocycles. The lowest BCUT2D eigenvalue weighted by Crippen LogP contribution is -2.61. The number of carbonyl (C=O) groups is 1. The summed E-state index contributed by atoms with van der Waals surface area (Å²) >= 11 is 0. The second-order valence-corrected chi connectivity index (χ2v) is 7.35. The Labute approximate surface area is 183 Å². The van der Waals surface area contributed by atoms with Gasteiger partial charge in [-0.25, -0.2) is 4.79 Å². The number of aliphatic hydroxyl groups excluding tert-OH is 3. The monoisotopic (exact) mass is 462 g/mol. The van der Waals surface area contributed by atoms with Gasteiger partial charge < -0.3 is 49.6 Å². The molecule has 0 radical (unpaired) electrons. The molecule has 2 aromatic carbocycles. The Bertz CT molecular complexity index is 1280.